The second kappa shape index (κ2) is 7.95. The minimum atomic E-state index is 0.602. The van der Waals surface area contributed by atoms with Gasteiger partial charge in [0.15, 0.2) is 5.13 Å². The fourth-order valence-corrected chi connectivity index (χ4v) is 3.60. The van der Waals surface area contributed by atoms with Gasteiger partial charge >= 0.3 is 0 Å². The molecule has 0 spiro atoms. The molecule has 0 aliphatic rings. The van der Waals surface area contributed by atoms with Crippen LogP contribution in [-0.4, -0.2) is 25.1 Å². The maximum Gasteiger partial charge on any atom is 0.183 e. The van der Waals surface area contributed by atoms with E-state index >= 15 is 0 Å². The van der Waals surface area contributed by atoms with Crippen LogP contribution in [0.5, 0.6) is 0 Å². The van der Waals surface area contributed by atoms with E-state index < -0.39 is 0 Å². The number of nitrogens with zero attached hydrogens (tertiary/aromatic N) is 1. The van der Waals surface area contributed by atoms with Gasteiger partial charge in [-0.05, 0) is 37.9 Å². The zero-order chi connectivity index (χ0) is 16.1. The van der Waals surface area contributed by atoms with Crippen LogP contribution in [0.2, 0.25) is 5.02 Å². The Morgan fingerprint density at radius 1 is 1.27 bits per heavy atom. The molecule has 3 nitrogen and oxygen atoms in total. The van der Waals surface area contributed by atoms with Crippen molar-refractivity contribution in [3.8, 4) is 11.3 Å². The van der Waals surface area contributed by atoms with Crippen molar-refractivity contribution < 1.29 is 0 Å². The molecule has 2 N–H and O–H groups in total. The van der Waals surface area contributed by atoms with Crippen molar-refractivity contribution in [3.63, 3.8) is 0 Å². The molecule has 0 atom stereocenters. The average molecular weight is 338 g/mol. The van der Waals surface area contributed by atoms with E-state index in [0.29, 0.717) is 5.92 Å². The molecule has 0 radical (unpaired) electrons. The Bertz CT molecular complexity index is 622. The third-order valence-electron chi connectivity index (χ3n) is 3.39. The summed E-state index contributed by atoms with van der Waals surface area (Å²) in [5.74, 6) is 0.602. The van der Waals surface area contributed by atoms with Gasteiger partial charge in [0.05, 0.1) is 5.69 Å². The maximum atomic E-state index is 6.28. The zero-order valence-corrected chi connectivity index (χ0v) is 15.2. The Hall–Kier alpha value is -1.10. The molecule has 2 rings (SSSR count). The number of benzene rings is 1. The van der Waals surface area contributed by atoms with Gasteiger partial charge in [-0.3, -0.25) is 0 Å². The van der Waals surface area contributed by atoms with Crippen LogP contribution in [0, 0.1) is 12.8 Å². The van der Waals surface area contributed by atoms with E-state index in [0.717, 1.165) is 46.5 Å². The monoisotopic (exact) mass is 337 g/mol. The highest BCUT2D eigenvalue weighted by atomic mass is 35.5. The number of rotatable bonds is 7. The lowest BCUT2D eigenvalue weighted by molar-refractivity contribution is 0.654. The van der Waals surface area contributed by atoms with Crippen LogP contribution >= 0.6 is 22.9 Å². The fraction of sp³-hybridized carbons (Fsp3) is 0.471. The van der Waals surface area contributed by atoms with Crippen LogP contribution in [0.25, 0.3) is 11.3 Å². The number of likely N-dealkylation sites (N-methyl/N-ethyl adjacent to an activating group) is 1. The largest absolute Gasteiger partial charge is 0.360 e. The van der Waals surface area contributed by atoms with Crippen LogP contribution in [0.15, 0.2) is 18.2 Å². The first kappa shape index (κ1) is 17.3. The van der Waals surface area contributed by atoms with Crippen LogP contribution in [0.3, 0.4) is 0 Å². The van der Waals surface area contributed by atoms with Gasteiger partial charge in [-0.15, -0.1) is 11.3 Å². The van der Waals surface area contributed by atoms with E-state index in [1.807, 2.05) is 20.0 Å². The molecular formula is C17H24ClN3S. The minimum absolute atomic E-state index is 0.602. The summed E-state index contributed by atoms with van der Waals surface area (Å²) >= 11 is 8.03. The SMILES string of the molecule is CNCCNc1nc(-c2ccc(C)c(Cl)c2)c(CC(C)C)s1. The van der Waals surface area contributed by atoms with E-state index in [-0.39, 0.29) is 0 Å². The van der Waals surface area contributed by atoms with E-state index in [2.05, 4.69) is 36.6 Å². The highest BCUT2D eigenvalue weighted by Gasteiger charge is 2.15. The molecule has 2 aromatic rings. The molecule has 0 aliphatic heterocycles. The van der Waals surface area contributed by atoms with Gasteiger partial charge in [-0.25, -0.2) is 4.98 Å². The first-order valence-corrected chi connectivity index (χ1v) is 8.85. The van der Waals surface area contributed by atoms with Crippen molar-refractivity contribution >= 4 is 28.1 Å². The molecule has 22 heavy (non-hydrogen) atoms. The highest BCUT2D eigenvalue weighted by Crippen LogP contribution is 2.34. The molecular weight excluding hydrogens is 314 g/mol. The molecule has 0 bridgehead atoms. The van der Waals surface area contributed by atoms with Crippen LogP contribution in [-0.2, 0) is 6.42 Å². The summed E-state index contributed by atoms with van der Waals surface area (Å²) in [5.41, 5.74) is 3.26. The number of thiazole rings is 1. The molecule has 0 aliphatic carbocycles. The van der Waals surface area contributed by atoms with Crippen molar-refractivity contribution in [2.45, 2.75) is 27.2 Å². The fourth-order valence-electron chi connectivity index (χ4n) is 2.20. The number of hydrogen-bond donors (Lipinski definition) is 2. The molecule has 0 saturated heterocycles. The maximum absolute atomic E-state index is 6.28. The molecule has 0 fully saturated rings. The second-order valence-corrected chi connectivity index (χ2v) is 7.37. The van der Waals surface area contributed by atoms with Crippen molar-refractivity contribution in [1.29, 1.82) is 0 Å². The lowest BCUT2D eigenvalue weighted by Gasteiger charge is -2.06. The summed E-state index contributed by atoms with van der Waals surface area (Å²) in [4.78, 5) is 6.12. The Kier molecular flexibility index (Phi) is 6.24. The number of anilines is 1. The average Bonchev–Trinajstić information content (AvgIpc) is 2.84. The highest BCUT2D eigenvalue weighted by molar-refractivity contribution is 7.16. The predicted octanol–water partition coefficient (Wildman–Crippen LogP) is 4.60. The normalized spacial score (nSPS) is 11.2. The molecule has 1 aromatic heterocycles. The lowest BCUT2D eigenvalue weighted by atomic mass is 10.0. The van der Waals surface area contributed by atoms with Crippen molar-refractivity contribution in [2.24, 2.45) is 5.92 Å². The van der Waals surface area contributed by atoms with Crippen molar-refractivity contribution in [3.05, 3.63) is 33.7 Å². The summed E-state index contributed by atoms with van der Waals surface area (Å²) in [6, 6.07) is 6.19. The minimum Gasteiger partial charge on any atom is -0.360 e. The summed E-state index contributed by atoms with van der Waals surface area (Å²) in [6.07, 6.45) is 1.03. The summed E-state index contributed by atoms with van der Waals surface area (Å²) in [7, 11) is 1.95. The van der Waals surface area contributed by atoms with Gasteiger partial charge in [0.1, 0.15) is 0 Å². The zero-order valence-electron chi connectivity index (χ0n) is 13.7. The van der Waals surface area contributed by atoms with Crippen LogP contribution in [0.1, 0.15) is 24.3 Å². The molecule has 0 unspecified atom stereocenters. The van der Waals surface area contributed by atoms with Crippen LogP contribution < -0.4 is 10.6 Å². The Labute approximate surface area is 142 Å². The Balaban J connectivity index is 2.32. The number of halogens is 1. The second-order valence-electron chi connectivity index (χ2n) is 5.88. The smallest absolute Gasteiger partial charge is 0.183 e. The van der Waals surface area contributed by atoms with Crippen molar-refractivity contribution in [1.82, 2.24) is 10.3 Å². The Morgan fingerprint density at radius 2 is 2.05 bits per heavy atom. The molecule has 1 heterocycles. The third-order valence-corrected chi connectivity index (χ3v) is 4.83. The van der Waals surface area contributed by atoms with Crippen LogP contribution in [0.4, 0.5) is 5.13 Å². The summed E-state index contributed by atoms with van der Waals surface area (Å²) < 4.78 is 0. The third kappa shape index (κ3) is 4.45. The van der Waals surface area contributed by atoms with Gasteiger partial charge < -0.3 is 10.6 Å². The molecule has 0 amide bonds. The van der Waals surface area contributed by atoms with Crippen molar-refractivity contribution in [2.75, 3.05) is 25.5 Å². The quantitative estimate of drug-likeness (QED) is 0.725. The van der Waals surface area contributed by atoms with Gasteiger partial charge in [0, 0.05) is 28.6 Å². The summed E-state index contributed by atoms with van der Waals surface area (Å²) in [6.45, 7) is 8.29. The van der Waals surface area contributed by atoms with Gasteiger partial charge in [-0.2, -0.15) is 0 Å². The molecule has 1 aromatic carbocycles. The number of nitrogens with one attached hydrogen (secondary N) is 2. The van der Waals surface area contributed by atoms with E-state index in [4.69, 9.17) is 16.6 Å². The number of hydrogen-bond acceptors (Lipinski definition) is 4. The lowest BCUT2D eigenvalue weighted by Crippen LogP contribution is -2.17. The van der Waals surface area contributed by atoms with Gasteiger partial charge in [-0.1, -0.05) is 37.6 Å². The molecule has 120 valence electrons. The van der Waals surface area contributed by atoms with Gasteiger partial charge in [0.2, 0.25) is 0 Å². The summed E-state index contributed by atoms with van der Waals surface area (Å²) in [5, 5.41) is 8.30. The standard InChI is InChI=1S/C17H24ClN3S/c1-11(2)9-15-16(13-6-5-12(3)14(18)10-13)21-17(22-15)20-8-7-19-4/h5-6,10-11,19H,7-9H2,1-4H3,(H,20,21). The predicted molar refractivity (Wildman–Crippen MR) is 98.3 cm³/mol. The van der Waals surface area contributed by atoms with Gasteiger partial charge in [0.25, 0.3) is 0 Å². The molecule has 0 saturated carbocycles. The number of aromatic nitrogens is 1. The number of aryl methyl sites for hydroxylation is 1. The topological polar surface area (TPSA) is 37.0 Å². The molecule has 5 heteroatoms. The van der Waals surface area contributed by atoms with E-state index in [9.17, 15) is 0 Å². The Morgan fingerprint density at radius 3 is 2.68 bits per heavy atom. The first-order chi connectivity index (χ1) is 10.5. The van der Waals surface area contributed by atoms with E-state index in [1.165, 1.54) is 4.88 Å². The first-order valence-electron chi connectivity index (χ1n) is 7.66. The van der Waals surface area contributed by atoms with E-state index in [1.54, 1.807) is 11.3 Å².